The van der Waals surface area contributed by atoms with Crippen molar-refractivity contribution in [1.29, 1.82) is 0 Å². The molecule has 0 radical (unpaired) electrons. The lowest BCUT2D eigenvalue weighted by molar-refractivity contribution is 0.472. The van der Waals surface area contributed by atoms with Gasteiger partial charge in [0.25, 0.3) is 0 Å². The molecule has 0 bridgehead atoms. The van der Waals surface area contributed by atoms with E-state index in [2.05, 4.69) is 88.5 Å². The molecular formula is C39H84N6O6S6. The third kappa shape index (κ3) is 24.7. The van der Waals surface area contributed by atoms with Gasteiger partial charge in [0.1, 0.15) is 0 Å². The van der Waals surface area contributed by atoms with Gasteiger partial charge in [-0.15, -0.1) is 0 Å². The average molecular weight is 926 g/mol. The minimum absolute atomic E-state index is 0.122. The van der Waals surface area contributed by atoms with E-state index in [-0.39, 0.29) is 21.0 Å². The molecule has 6 heterocycles. The summed E-state index contributed by atoms with van der Waals surface area (Å²) in [5, 5.41) is 0. The fourth-order valence-electron chi connectivity index (χ4n) is 6.49. The molecule has 6 atom stereocenters. The zero-order valence-electron chi connectivity index (χ0n) is 38.4. The predicted octanol–water partition coefficient (Wildman–Crippen LogP) is 8.35. The number of rotatable bonds is 3. The van der Waals surface area contributed by atoms with Crippen LogP contribution < -0.4 is 0 Å². The third-order valence-corrected chi connectivity index (χ3v) is 24.3. The molecule has 6 rings (SSSR count). The maximum absolute atomic E-state index is 11.8. The van der Waals surface area contributed by atoms with E-state index in [1.54, 1.807) is 12.5 Å². The summed E-state index contributed by atoms with van der Waals surface area (Å²) in [5.74, 6) is 7.19. The molecule has 0 fully saturated rings. The van der Waals surface area contributed by atoms with Crippen LogP contribution in [0, 0.1) is 16.2 Å². The van der Waals surface area contributed by atoms with Gasteiger partial charge >= 0.3 is 0 Å². The van der Waals surface area contributed by atoms with Gasteiger partial charge in [0.05, 0.1) is 9.73 Å². The zero-order valence-corrected chi connectivity index (χ0v) is 43.3. The Bertz CT molecular complexity index is 1880. The van der Waals surface area contributed by atoms with Gasteiger partial charge in [0.2, 0.25) is 0 Å². The summed E-state index contributed by atoms with van der Waals surface area (Å²) in [7, 11) is -10.5. The van der Waals surface area contributed by atoms with Gasteiger partial charge in [-0.25, -0.2) is 43.0 Å². The Hall–Kier alpha value is -0.300. The molecule has 0 N–H and O–H groups in total. The maximum Gasteiger partial charge on any atom is 0.0518 e. The molecule has 6 aliphatic heterocycles. The second kappa shape index (κ2) is 22.2. The van der Waals surface area contributed by atoms with Gasteiger partial charge < -0.3 is 0 Å². The molecule has 0 aromatic carbocycles. The van der Waals surface area contributed by atoms with Gasteiger partial charge in [-0.1, -0.05) is 62.3 Å². The first-order valence-electron chi connectivity index (χ1n) is 20.7. The summed E-state index contributed by atoms with van der Waals surface area (Å²) < 4.78 is 93.4. The molecular weight excluding hydrogens is 841 g/mol. The summed E-state index contributed by atoms with van der Waals surface area (Å²) in [4.78, 5) is 0. The van der Waals surface area contributed by atoms with Crippen molar-refractivity contribution in [2.45, 2.75) is 126 Å². The second-order valence-electron chi connectivity index (χ2n) is 20.6. The van der Waals surface area contributed by atoms with E-state index < -0.39 is 58.4 Å². The van der Waals surface area contributed by atoms with Crippen LogP contribution in [0.1, 0.15) is 122 Å². The first kappa shape index (κ1) is 54.7. The highest BCUT2D eigenvalue weighted by Gasteiger charge is 2.29. The fraction of sp³-hybridized carbons (Fsp3) is 1.00. The van der Waals surface area contributed by atoms with Crippen LogP contribution in [-0.2, 0) is 58.4 Å². The Morgan fingerprint density at radius 1 is 0.351 bits per heavy atom. The fourth-order valence-corrected chi connectivity index (χ4v) is 19.5. The zero-order chi connectivity index (χ0) is 44.1. The van der Waals surface area contributed by atoms with Crippen molar-refractivity contribution < 1.29 is 25.3 Å². The number of hydrogen-bond donors (Lipinski definition) is 0. The van der Waals surface area contributed by atoms with Crippen molar-refractivity contribution in [2.75, 3.05) is 104 Å². The standard InChI is InChI=1S/3C8H17NOS.C7H15NOS.2C4H9NOS/c3*1-8(2,3)7-11(10)6-4-5-9-11;1-7(2,3)10(9)6-4-5-8-10;2*1-7(6)4-2-3-5-7/h3*4-7H2,1-3H3;4-6H2,1-3H3;2*2-4H2,1H3/t2*11-;;;2*7-/m10..10/s1. The highest BCUT2D eigenvalue weighted by atomic mass is 32.2. The molecule has 18 heteroatoms. The molecule has 342 valence electrons. The first-order valence-corrected chi connectivity index (χ1v) is 32.1. The van der Waals surface area contributed by atoms with Crippen LogP contribution in [0.25, 0.3) is 0 Å². The lowest BCUT2D eigenvalue weighted by atomic mass is 10.0. The van der Waals surface area contributed by atoms with E-state index in [4.69, 9.17) is 0 Å². The Morgan fingerprint density at radius 3 is 0.719 bits per heavy atom. The van der Waals surface area contributed by atoms with E-state index >= 15 is 0 Å². The maximum atomic E-state index is 11.8. The highest BCUT2D eigenvalue weighted by Crippen LogP contribution is 2.25. The van der Waals surface area contributed by atoms with Crippen LogP contribution in [0.2, 0.25) is 0 Å². The smallest absolute Gasteiger partial charge is 0.0518 e. The molecule has 2 unspecified atom stereocenters. The second-order valence-corrected chi connectivity index (χ2v) is 36.4. The summed E-state index contributed by atoms with van der Waals surface area (Å²) in [6.45, 7) is 30.0. The van der Waals surface area contributed by atoms with E-state index in [1.165, 1.54) is 0 Å². The quantitative estimate of drug-likeness (QED) is 0.275. The Labute approximate surface area is 353 Å². The summed E-state index contributed by atoms with van der Waals surface area (Å²) in [6.07, 6.45) is 9.57. The first-order chi connectivity index (χ1) is 25.6. The number of hydrogen-bond acceptors (Lipinski definition) is 12. The van der Waals surface area contributed by atoms with E-state index in [0.717, 1.165) is 130 Å². The lowest BCUT2D eigenvalue weighted by Gasteiger charge is -2.20. The molecule has 6 aliphatic rings. The topological polar surface area (TPSA) is 177 Å². The van der Waals surface area contributed by atoms with Gasteiger partial charge in [0, 0.05) is 157 Å². The van der Waals surface area contributed by atoms with Crippen LogP contribution in [0.15, 0.2) is 26.2 Å². The molecule has 0 saturated heterocycles. The molecule has 0 saturated carbocycles. The van der Waals surface area contributed by atoms with Crippen LogP contribution in [0.5, 0.6) is 0 Å². The summed E-state index contributed by atoms with van der Waals surface area (Å²) >= 11 is 0. The number of nitrogens with zero attached hydrogens (tertiary/aromatic N) is 6. The van der Waals surface area contributed by atoms with Crippen molar-refractivity contribution in [1.82, 2.24) is 0 Å². The third-order valence-electron chi connectivity index (χ3n) is 8.75. The van der Waals surface area contributed by atoms with Crippen molar-refractivity contribution in [3.05, 3.63) is 0 Å². The SMILES string of the molecule is CC(C)(C)CS1(=O)=NCCC1.CC(C)(C)C[S@@]1(=O)=NCCC1.CC(C)(C)C[S@]1(=O)=NCCC1.CC(C)(C)S1(=O)=NCCC1.C[S@@]1(=O)=NCCC1.C[S@]1(=O)=NCCC1. The predicted molar refractivity (Wildman–Crippen MR) is 254 cm³/mol. The van der Waals surface area contributed by atoms with Crippen LogP contribution >= 0.6 is 0 Å². The van der Waals surface area contributed by atoms with Crippen molar-refractivity contribution in [3.8, 4) is 0 Å². The van der Waals surface area contributed by atoms with E-state index in [1.807, 2.05) is 20.8 Å². The summed E-state index contributed by atoms with van der Waals surface area (Å²) in [5.41, 5.74) is 0.473. The molecule has 0 amide bonds. The lowest BCUT2D eigenvalue weighted by Crippen LogP contribution is -2.27. The normalized spacial score (nSPS) is 34.4. The molecule has 0 aliphatic carbocycles. The van der Waals surface area contributed by atoms with Crippen LogP contribution in [-0.4, -0.2) is 134 Å². The van der Waals surface area contributed by atoms with Gasteiger partial charge in [-0.3, -0.25) is 8.42 Å². The van der Waals surface area contributed by atoms with Crippen molar-refractivity contribution in [2.24, 2.45) is 42.4 Å². The minimum Gasteiger partial charge on any atom is -0.250 e. The Morgan fingerprint density at radius 2 is 0.596 bits per heavy atom. The van der Waals surface area contributed by atoms with Gasteiger partial charge in [-0.2, -0.15) is 0 Å². The van der Waals surface area contributed by atoms with Crippen LogP contribution in [0.4, 0.5) is 0 Å². The molecule has 0 aromatic heterocycles. The van der Waals surface area contributed by atoms with E-state index in [9.17, 15) is 25.3 Å². The van der Waals surface area contributed by atoms with Gasteiger partial charge in [0.15, 0.2) is 0 Å². The molecule has 0 aromatic rings. The molecule has 12 nitrogen and oxygen atoms in total. The Kier molecular flexibility index (Phi) is 21.3. The van der Waals surface area contributed by atoms with E-state index in [0.29, 0.717) is 0 Å². The van der Waals surface area contributed by atoms with Crippen molar-refractivity contribution in [3.63, 3.8) is 0 Å². The monoisotopic (exact) mass is 924 g/mol. The van der Waals surface area contributed by atoms with Crippen LogP contribution in [0.3, 0.4) is 0 Å². The summed E-state index contributed by atoms with van der Waals surface area (Å²) in [6, 6.07) is 0. The highest BCUT2D eigenvalue weighted by molar-refractivity contribution is 7.95. The minimum atomic E-state index is -1.84. The van der Waals surface area contributed by atoms with Gasteiger partial charge in [-0.05, 0) is 75.5 Å². The van der Waals surface area contributed by atoms with Crippen molar-refractivity contribution >= 4 is 58.4 Å². The Balaban J connectivity index is 0.000000345. The molecule has 0 spiro atoms. The largest absolute Gasteiger partial charge is 0.250 e. The molecule has 57 heavy (non-hydrogen) atoms. The average Bonchev–Trinajstić information content (AvgIpc) is 3.86.